The van der Waals surface area contributed by atoms with Crippen molar-refractivity contribution in [2.45, 2.75) is 20.0 Å². The van der Waals surface area contributed by atoms with Crippen molar-refractivity contribution in [3.8, 4) is 0 Å². The fourth-order valence-electron chi connectivity index (χ4n) is 2.35. The smallest absolute Gasteiger partial charge is 0.191 e. The number of hydrogen-bond donors (Lipinski definition) is 2. The van der Waals surface area contributed by atoms with Gasteiger partial charge in [0.15, 0.2) is 5.96 Å². The summed E-state index contributed by atoms with van der Waals surface area (Å²) in [6, 6.07) is 10.3. The molecule has 26 heavy (non-hydrogen) atoms. The minimum absolute atomic E-state index is 0. The van der Waals surface area contributed by atoms with Crippen LogP contribution >= 0.6 is 35.7 Å². The quantitative estimate of drug-likeness (QED) is 0.178. The van der Waals surface area contributed by atoms with Gasteiger partial charge < -0.3 is 10.6 Å². The molecular weight excluding hydrogens is 457 g/mol. The fraction of sp³-hybridized carbons (Fsp3) is 0.368. The maximum absolute atomic E-state index is 4.73. The molecule has 0 atom stereocenters. The molecule has 0 aliphatic carbocycles. The molecule has 0 amide bonds. The van der Waals surface area contributed by atoms with Gasteiger partial charge in [0.25, 0.3) is 0 Å². The molecule has 1 aromatic carbocycles. The van der Waals surface area contributed by atoms with Gasteiger partial charge in [-0.2, -0.15) is 16.9 Å². The lowest BCUT2D eigenvalue weighted by Gasteiger charge is -2.12. The average molecular weight is 485 g/mol. The van der Waals surface area contributed by atoms with Crippen LogP contribution in [0.1, 0.15) is 18.1 Å². The highest BCUT2D eigenvalue weighted by Gasteiger charge is 2.03. The minimum atomic E-state index is 0. The van der Waals surface area contributed by atoms with Gasteiger partial charge in [0.05, 0.1) is 13.1 Å². The van der Waals surface area contributed by atoms with Crippen LogP contribution in [0.5, 0.6) is 0 Å². The third-order valence-electron chi connectivity index (χ3n) is 3.54. The summed E-state index contributed by atoms with van der Waals surface area (Å²) >= 11 is 1.86. The topological polar surface area (TPSA) is 54.2 Å². The summed E-state index contributed by atoms with van der Waals surface area (Å²) in [5, 5.41) is 11.0. The van der Waals surface area contributed by atoms with E-state index in [1.54, 1.807) is 6.20 Å². The van der Waals surface area contributed by atoms with Crippen molar-refractivity contribution in [3.05, 3.63) is 66.5 Å². The zero-order chi connectivity index (χ0) is 17.7. The highest BCUT2D eigenvalue weighted by molar-refractivity contribution is 14.0. The lowest BCUT2D eigenvalue weighted by atomic mass is 10.1. The Balaban J connectivity index is 0.00000338. The Hall–Kier alpha value is -1.48. The highest BCUT2D eigenvalue weighted by atomic mass is 127. The van der Waals surface area contributed by atoms with Crippen LogP contribution in [0.25, 0.3) is 0 Å². The molecule has 0 saturated carbocycles. The molecule has 0 aliphatic heterocycles. The van der Waals surface area contributed by atoms with E-state index in [4.69, 9.17) is 4.99 Å². The van der Waals surface area contributed by atoms with E-state index in [9.17, 15) is 0 Å². The number of halogens is 1. The van der Waals surface area contributed by atoms with Gasteiger partial charge in [-0.1, -0.05) is 30.3 Å². The van der Waals surface area contributed by atoms with E-state index in [1.807, 2.05) is 34.8 Å². The molecule has 2 aromatic rings. The van der Waals surface area contributed by atoms with Crippen LogP contribution in [0.15, 0.2) is 60.4 Å². The first kappa shape index (κ1) is 22.6. The number of hydrogen-bond acceptors (Lipinski definition) is 3. The zero-order valence-electron chi connectivity index (χ0n) is 15.2. The molecule has 0 unspecified atom stereocenters. The van der Waals surface area contributed by atoms with Crippen LogP contribution in [-0.4, -0.2) is 40.3 Å². The van der Waals surface area contributed by atoms with Gasteiger partial charge >= 0.3 is 0 Å². The number of nitrogens with zero attached hydrogens (tertiary/aromatic N) is 3. The second-order valence-corrected chi connectivity index (χ2v) is 6.61. The standard InChI is InChI=1S/C19H27N5S.HI/c1-3-13-25-14-11-21-19(20-4-2)22-15-17-8-5-6-9-18(17)16-24-12-7-10-23-24;/h3,5-10,12H,1,4,11,13-16H2,2H3,(H2,20,21,22);1H. The summed E-state index contributed by atoms with van der Waals surface area (Å²) in [5.41, 5.74) is 2.46. The van der Waals surface area contributed by atoms with E-state index in [0.29, 0.717) is 6.54 Å². The van der Waals surface area contributed by atoms with Crippen molar-refractivity contribution < 1.29 is 0 Å². The Morgan fingerprint density at radius 2 is 2.08 bits per heavy atom. The molecule has 7 heteroatoms. The van der Waals surface area contributed by atoms with Gasteiger partial charge in [-0.25, -0.2) is 4.99 Å². The Kier molecular flexibility index (Phi) is 11.9. The van der Waals surface area contributed by atoms with Crippen molar-refractivity contribution in [2.24, 2.45) is 4.99 Å². The molecule has 142 valence electrons. The molecule has 1 aromatic heterocycles. The number of aromatic nitrogens is 2. The van der Waals surface area contributed by atoms with Gasteiger partial charge in [-0.3, -0.25) is 4.68 Å². The summed E-state index contributed by atoms with van der Waals surface area (Å²) < 4.78 is 1.93. The molecule has 0 bridgehead atoms. The zero-order valence-corrected chi connectivity index (χ0v) is 18.4. The van der Waals surface area contributed by atoms with Gasteiger partial charge in [0.1, 0.15) is 0 Å². The normalized spacial score (nSPS) is 10.9. The monoisotopic (exact) mass is 485 g/mol. The third-order valence-corrected chi connectivity index (χ3v) is 4.50. The first-order valence-electron chi connectivity index (χ1n) is 8.58. The summed E-state index contributed by atoms with van der Waals surface area (Å²) in [4.78, 5) is 4.73. The Bertz CT molecular complexity index is 658. The van der Waals surface area contributed by atoms with Crippen LogP contribution in [0.2, 0.25) is 0 Å². The maximum Gasteiger partial charge on any atom is 0.191 e. The molecule has 0 saturated heterocycles. The summed E-state index contributed by atoms with van der Waals surface area (Å²) in [5.74, 6) is 2.87. The van der Waals surface area contributed by atoms with E-state index in [1.165, 1.54) is 11.1 Å². The van der Waals surface area contributed by atoms with Crippen LogP contribution in [0.4, 0.5) is 0 Å². The Labute approximate surface area is 177 Å². The molecule has 2 rings (SSSR count). The van der Waals surface area contributed by atoms with Crippen LogP contribution in [-0.2, 0) is 13.1 Å². The molecule has 5 nitrogen and oxygen atoms in total. The van der Waals surface area contributed by atoms with E-state index in [0.717, 1.165) is 37.1 Å². The number of benzene rings is 1. The van der Waals surface area contributed by atoms with E-state index in [2.05, 4.69) is 53.5 Å². The molecular formula is C19H28IN5S. The number of rotatable bonds is 10. The first-order chi connectivity index (χ1) is 12.3. The predicted octanol–water partition coefficient (Wildman–Crippen LogP) is 3.52. The van der Waals surface area contributed by atoms with E-state index < -0.39 is 0 Å². The Morgan fingerprint density at radius 1 is 1.27 bits per heavy atom. The molecule has 0 fully saturated rings. The van der Waals surface area contributed by atoms with Crippen molar-refractivity contribution >= 4 is 41.7 Å². The lowest BCUT2D eigenvalue weighted by molar-refractivity contribution is 0.681. The SMILES string of the molecule is C=CCSCCNC(=NCc1ccccc1Cn1cccn1)NCC.I. The number of nitrogens with one attached hydrogen (secondary N) is 2. The van der Waals surface area contributed by atoms with Crippen molar-refractivity contribution in [3.63, 3.8) is 0 Å². The predicted molar refractivity (Wildman–Crippen MR) is 124 cm³/mol. The molecule has 2 N–H and O–H groups in total. The second kappa shape index (κ2) is 13.7. The lowest BCUT2D eigenvalue weighted by Crippen LogP contribution is -2.38. The molecule has 0 aliphatic rings. The molecule has 0 radical (unpaired) electrons. The highest BCUT2D eigenvalue weighted by Crippen LogP contribution is 2.11. The van der Waals surface area contributed by atoms with Crippen molar-refractivity contribution in [1.29, 1.82) is 0 Å². The number of guanidine groups is 1. The fourth-order valence-corrected chi connectivity index (χ4v) is 2.93. The first-order valence-corrected chi connectivity index (χ1v) is 9.74. The van der Waals surface area contributed by atoms with Gasteiger partial charge in [0, 0.05) is 37.0 Å². The number of thioether (sulfide) groups is 1. The molecule has 1 heterocycles. The van der Waals surface area contributed by atoms with Crippen molar-refractivity contribution in [2.75, 3.05) is 24.6 Å². The molecule has 0 spiro atoms. The summed E-state index contributed by atoms with van der Waals surface area (Å²) in [6.45, 7) is 8.96. The Morgan fingerprint density at radius 3 is 2.77 bits per heavy atom. The minimum Gasteiger partial charge on any atom is -0.357 e. The number of aliphatic imine (C=N–C) groups is 1. The van der Waals surface area contributed by atoms with Gasteiger partial charge in [0.2, 0.25) is 0 Å². The van der Waals surface area contributed by atoms with E-state index >= 15 is 0 Å². The van der Waals surface area contributed by atoms with Crippen molar-refractivity contribution in [1.82, 2.24) is 20.4 Å². The average Bonchev–Trinajstić information content (AvgIpc) is 3.13. The summed E-state index contributed by atoms with van der Waals surface area (Å²) in [7, 11) is 0. The van der Waals surface area contributed by atoms with Gasteiger partial charge in [-0.15, -0.1) is 30.6 Å². The third kappa shape index (κ3) is 8.27. The summed E-state index contributed by atoms with van der Waals surface area (Å²) in [6.07, 6.45) is 5.71. The van der Waals surface area contributed by atoms with Gasteiger partial charge in [-0.05, 0) is 24.1 Å². The van der Waals surface area contributed by atoms with E-state index in [-0.39, 0.29) is 24.0 Å². The van der Waals surface area contributed by atoms with Crippen LogP contribution < -0.4 is 10.6 Å². The van der Waals surface area contributed by atoms with Crippen LogP contribution in [0, 0.1) is 0 Å². The van der Waals surface area contributed by atoms with Crippen LogP contribution in [0.3, 0.4) is 0 Å². The maximum atomic E-state index is 4.73. The largest absolute Gasteiger partial charge is 0.357 e. The second-order valence-electron chi connectivity index (χ2n) is 5.46.